The number of nitrogens with one attached hydrogen (secondary N) is 1. The summed E-state index contributed by atoms with van der Waals surface area (Å²) in [5.74, 6) is 0. The number of hydrogen-bond acceptors (Lipinski definition) is 2. The van der Waals surface area contributed by atoms with Gasteiger partial charge in [0.1, 0.15) is 0 Å². The Morgan fingerprint density at radius 3 is 2.83 bits per heavy atom. The van der Waals surface area contributed by atoms with Crippen molar-refractivity contribution < 1.29 is 0 Å². The van der Waals surface area contributed by atoms with Gasteiger partial charge in [-0.15, -0.1) is 0 Å². The highest BCUT2D eigenvalue weighted by Crippen LogP contribution is 2.13. The molecule has 0 fully saturated rings. The van der Waals surface area contributed by atoms with Crippen molar-refractivity contribution in [2.24, 2.45) is 0 Å². The molecule has 0 aromatic heterocycles. The molecule has 0 radical (unpaired) electrons. The summed E-state index contributed by atoms with van der Waals surface area (Å²) in [5.41, 5.74) is 1.05. The normalized spacial score (nSPS) is 23.1. The fraction of sp³-hybridized carbons (Fsp3) is 0.533. The summed E-state index contributed by atoms with van der Waals surface area (Å²) in [6, 6.07) is 0.741. The van der Waals surface area contributed by atoms with E-state index in [9.17, 15) is 0 Å². The Morgan fingerprint density at radius 2 is 2.22 bits per heavy atom. The molecule has 0 saturated carbocycles. The van der Waals surface area contributed by atoms with Crippen molar-refractivity contribution in [3.63, 3.8) is 0 Å². The number of rotatable bonds is 3. The average Bonchev–Trinajstić information content (AvgIpc) is 2.38. The molecule has 1 N–H and O–H groups in total. The predicted molar refractivity (Wildman–Crippen MR) is 78.8 cm³/mol. The summed E-state index contributed by atoms with van der Waals surface area (Å²) in [4.78, 5) is 4.36. The molecule has 0 spiro atoms. The van der Waals surface area contributed by atoms with Gasteiger partial charge in [0.2, 0.25) is 0 Å². The van der Waals surface area contributed by atoms with E-state index in [1.54, 1.807) is 0 Å². The summed E-state index contributed by atoms with van der Waals surface area (Å²) in [6.45, 7) is 12.4. The number of allylic oxidation sites excluding steroid dienone is 3. The molecule has 3 nitrogen and oxygen atoms in total. The Labute approximate surface area is 111 Å². The molecule has 3 heteroatoms. The SMILES string of the molecule is C=C1C=CC=CC(C)N(C=N)CCN1C(C)CC. The Hall–Kier alpha value is -1.51. The second kappa shape index (κ2) is 7.04. The van der Waals surface area contributed by atoms with Crippen molar-refractivity contribution in [1.82, 2.24) is 9.80 Å². The van der Waals surface area contributed by atoms with Gasteiger partial charge in [-0.3, -0.25) is 5.41 Å². The highest BCUT2D eigenvalue weighted by Gasteiger charge is 2.15. The molecule has 1 rings (SSSR count). The van der Waals surface area contributed by atoms with Crippen LogP contribution in [0.2, 0.25) is 0 Å². The van der Waals surface area contributed by atoms with Crippen molar-refractivity contribution in [3.05, 3.63) is 36.6 Å². The zero-order chi connectivity index (χ0) is 13.5. The number of hydrogen-bond donors (Lipinski definition) is 1. The maximum absolute atomic E-state index is 7.50. The molecule has 0 aromatic carbocycles. The van der Waals surface area contributed by atoms with E-state index in [-0.39, 0.29) is 6.04 Å². The van der Waals surface area contributed by atoms with Crippen LogP contribution in [0.15, 0.2) is 36.6 Å². The molecule has 0 saturated heterocycles. The van der Waals surface area contributed by atoms with Crippen LogP contribution in [0.4, 0.5) is 0 Å². The third kappa shape index (κ3) is 3.76. The van der Waals surface area contributed by atoms with Crippen molar-refractivity contribution in [2.45, 2.75) is 39.3 Å². The molecule has 0 bridgehead atoms. The van der Waals surface area contributed by atoms with Gasteiger partial charge in [-0.1, -0.05) is 31.7 Å². The van der Waals surface area contributed by atoms with E-state index in [4.69, 9.17) is 5.41 Å². The molecule has 1 aliphatic rings. The Morgan fingerprint density at radius 1 is 1.50 bits per heavy atom. The van der Waals surface area contributed by atoms with Crippen LogP contribution in [-0.2, 0) is 0 Å². The van der Waals surface area contributed by atoms with Crippen LogP contribution in [0.25, 0.3) is 0 Å². The zero-order valence-electron chi connectivity index (χ0n) is 11.8. The molecule has 0 aromatic rings. The van der Waals surface area contributed by atoms with Gasteiger partial charge >= 0.3 is 0 Å². The van der Waals surface area contributed by atoms with Gasteiger partial charge in [0.15, 0.2) is 0 Å². The van der Waals surface area contributed by atoms with E-state index < -0.39 is 0 Å². The fourth-order valence-electron chi connectivity index (χ4n) is 2.07. The Kier molecular flexibility index (Phi) is 5.69. The standard InChI is InChI=1S/C15H25N3/c1-5-13(2)18-11-10-17(12-16)14(3)8-6-7-9-15(18)4/h6-9,12-14,16H,4-5,10-11H2,1-3H3. The maximum atomic E-state index is 7.50. The summed E-state index contributed by atoms with van der Waals surface area (Å²) >= 11 is 0. The largest absolute Gasteiger partial charge is 0.368 e. The van der Waals surface area contributed by atoms with Gasteiger partial charge in [0.25, 0.3) is 0 Å². The van der Waals surface area contributed by atoms with Crippen molar-refractivity contribution in [3.8, 4) is 0 Å². The first kappa shape index (κ1) is 14.6. The lowest BCUT2D eigenvalue weighted by Crippen LogP contribution is -2.41. The van der Waals surface area contributed by atoms with Crippen molar-refractivity contribution in [1.29, 1.82) is 5.41 Å². The summed E-state index contributed by atoms with van der Waals surface area (Å²) in [6.07, 6.45) is 10.8. The first-order valence-corrected chi connectivity index (χ1v) is 6.66. The van der Waals surface area contributed by atoms with Gasteiger partial charge in [-0.2, -0.15) is 0 Å². The molecular weight excluding hydrogens is 222 g/mol. The molecular formula is C15H25N3. The molecule has 1 aliphatic heterocycles. The second-order valence-corrected chi connectivity index (χ2v) is 4.79. The van der Waals surface area contributed by atoms with E-state index in [1.807, 2.05) is 17.1 Å². The highest BCUT2D eigenvalue weighted by molar-refractivity contribution is 5.51. The van der Waals surface area contributed by atoms with Gasteiger partial charge in [0, 0.05) is 30.9 Å². The van der Waals surface area contributed by atoms with Crippen LogP contribution in [0.5, 0.6) is 0 Å². The first-order chi connectivity index (χ1) is 8.60. The Bertz CT molecular complexity index is 344. The summed E-state index contributed by atoms with van der Waals surface area (Å²) < 4.78 is 0. The van der Waals surface area contributed by atoms with E-state index in [0.717, 1.165) is 25.2 Å². The van der Waals surface area contributed by atoms with Gasteiger partial charge in [0.05, 0.1) is 6.34 Å². The van der Waals surface area contributed by atoms with Crippen LogP contribution < -0.4 is 0 Å². The van der Waals surface area contributed by atoms with E-state index in [2.05, 4.69) is 44.4 Å². The van der Waals surface area contributed by atoms with Gasteiger partial charge < -0.3 is 9.80 Å². The van der Waals surface area contributed by atoms with E-state index in [1.165, 1.54) is 6.34 Å². The molecule has 0 amide bonds. The van der Waals surface area contributed by atoms with Gasteiger partial charge in [-0.25, -0.2) is 0 Å². The molecule has 2 unspecified atom stereocenters. The molecule has 1 heterocycles. The minimum absolute atomic E-state index is 0.261. The lowest BCUT2D eigenvalue weighted by molar-refractivity contribution is 0.238. The molecule has 0 aliphatic carbocycles. The van der Waals surface area contributed by atoms with Crippen LogP contribution in [0.3, 0.4) is 0 Å². The lowest BCUT2D eigenvalue weighted by atomic mass is 10.1. The smallest absolute Gasteiger partial charge is 0.0822 e. The van der Waals surface area contributed by atoms with Crippen LogP contribution in [-0.4, -0.2) is 41.3 Å². The third-order valence-corrected chi connectivity index (χ3v) is 3.57. The average molecular weight is 247 g/mol. The lowest BCUT2D eigenvalue weighted by Gasteiger charge is -2.34. The molecule has 100 valence electrons. The minimum Gasteiger partial charge on any atom is -0.368 e. The second-order valence-electron chi connectivity index (χ2n) is 4.79. The quantitative estimate of drug-likeness (QED) is 0.614. The molecule has 2 atom stereocenters. The Balaban J connectivity index is 2.89. The van der Waals surface area contributed by atoms with E-state index >= 15 is 0 Å². The summed E-state index contributed by atoms with van der Waals surface area (Å²) in [5, 5.41) is 7.50. The van der Waals surface area contributed by atoms with Crippen LogP contribution in [0, 0.1) is 5.41 Å². The molecule has 18 heavy (non-hydrogen) atoms. The number of nitrogens with zero attached hydrogens (tertiary/aromatic N) is 2. The van der Waals surface area contributed by atoms with Gasteiger partial charge in [-0.05, 0) is 26.3 Å². The zero-order valence-corrected chi connectivity index (χ0v) is 11.8. The van der Waals surface area contributed by atoms with Crippen LogP contribution >= 0.6 is 0 Å². The van der Waals surface area contributed by atoms with E-state index in [0.29, 0.717) is 6.04 Å². The maximum Gasteiger partial charge on any atom is 0.0822 e. The first-order valence-electron chi connectivity index (χ1n) is 6.66. The monoisotopic (exact) mass is 247 g/mol. The third-order valence-electron chi connectivity index (χ3n) is 3.57. The van der Waals surface area contributed by atoms with Crippen molar-refractivity contribution in [2.75, 3.05) is 13.1 Å². The van der Waals surface area contributed by atoms with Crippen molar-refractivity contribution >= 4 is 6.34 Å². The van der Waals surface area contributed by atoms with Crippen LogP contribution in [0.1, 0.15) is 27.2 Å². The topological polar surface area (TPSA) is 30.3 Å². The highest BCUT2D eigenvalue weighted by atomic mass is 15.2. The minimum atomic E-state index is 0.261. The fourth-order valence-corrected chi connectivity index (χ4v) is 2.07. The summed E-state index contributed by atoms with van der Waals surface area (Å²) in [7, 11) is 0. The predicted octanol–water partition coefficient (Wildman–Crippen LogP) is 3.02.